The predicted molar refractivity (Wildman–Crippen MR) is 60.9 cm³/mol. The summed E-state index contributed by atoms with van der Waals surface area (Å²) in [5.41, 5.74) is 0. The van der Waals surface area contributed by atoms with Crippen molar-refractivity contribution in [2.24, 2.45) is 0 Å². The molecule has 0 amide bonds. The Bertz CT molecular complexity index is 138. The number of aliphatic hydroxyl groups is 1. The molecule has 0 fully saturated rings. The van der Waals surface area contributed by atoms with Gasteiger partial charge in [0.1, 0.15) is 5.78 Å². The van der Waals surface area contributed by atoms with Crippen LogP contribution >= 0.6 is 0 Å². The number of carboxylic acid groups (broad SMARTS) is 1. The predicted octanol–water partition coefficient (Wildman–Crippen LogP) is 2.25. The van der Waals surface area contributed by atoms with E-state index in [4.69, 9.17) is 10.2 Å². The van der Waals surface area contributed by atoms with Crippen LogP contribution in [0.5, 0.6) is 0 Å². The highest BCUT2D eigenvalue weighted by molar-refractivity contribution is 5.72. The standard InChI is InChI=1S/C4H8O2.C4H10O.C3H6O/c1-2-3-4(5)6;1-2-3-4-5;1-3(2)4/h2-3H2,1H3,(H,5,6);5H,2-4H2,1H3;1-2H3. The molecule has 15 heavy (non-hydrogen) atoms. The Morgan fingerprint density at radius 2 is 1.47 bits per heavy atom. The van der Waals surface area contributed by atoms with Crippen molar-refractivity contribution in [1.29, 1.82) is 0 Å². The van der Waals surface area contributed by atoms with Crippen molar-refractivity contribution in [3.8, 4) is 0 Å². The first-order valence-electron chi connectivity index (χ1n) is 5.22. The maximum atomic E-state index is 9.60. The lowest BCUT2D eigenvalue weighted by Crippen LogP contribution is -1.90. The molecule has 0 heterocycles. The van der Waals surface area contributed by atoms with Gasteiger partial charge in [-0.1, -0.05) is 20.3 Å². The number of unbranched alkanes of at least 4 members (excludes halogenated alkanes) is 1. The molecule has 0 aliphatic carbocycles. The van der Waals surface area contributed by atoms with Gasteiger partial charge in [-0.25, -0.2) is 0 Å². The van der Waals surface area contributed by atoms with Crippen LogP contribution in [-0.4, -0.2) is 28.6 Å². The maximum absolute atomic E-state index is 9.60. The first-order chi connectivity index (χ1) is 6.92. The second-order valence-corrected chi connectivity index (χ2v) is 3.13. The number of Topliss-reactive ketones (excluding diaryl/α,β-unsaturated/α-hetero) is 1. The average Bonchev–Trinajstić information content (AvgIpc) is 2.05. The molecule has 0 rings (SSSR count). The summed E-state index contributed by atoms with van der Waals surface area (Å²) in [7, 11) is 0. The van der Waals surface area contributed by atoms with Gasteiger partial charge in [-0.2, -0.15) is 0 Å². The van der Waals surface area contributed by atoms with Crippen molar-refractivity contribution in [1.82, 2.24) is 0 Å². The normalized spacial score (nSPS) is 7.80. The molecule has 4 heteroatoms. The molecule has 0 aliphatic rings. The van der Waals surface area contributed by atoms with Crippen molar-refractivity contribution in [3.05, 3.63) is 0 Å². The second-order valence-electron chi connectivity index (χ2n) is 3.13. The number of carbonyl (C=O) groups excluding carboxylic acids is 1. The van der Waals surface area contributed by atoms with Crippen LogP contribution in [0.1, 0.15) is 53.4 Å². The number of carbonyl (C=O) groups is 2. The zero-order chi connectivity index (χ0) is 12.7. The zero-order valence-electron chi connectivity index (χ0n) is 10.2. The first-order valence-corrected chi connectivity index (χ1v) is 5.22. The van der Waals surface area contributed by atoms with Crippen molar-refractivity contribution < 1.29 is 19.8 Å². The molecule has 92 valence electrons. The van der Waals surface area contributed by atoms with Gasteiger partial charge in [-0.15, -0.1) is 0 Å². The van der Waals surface area contributed by atoms with Crippen LogP contribution in [0, 0.1) is 0 Å². The van der Waals surface area contributed by atoms with Gasteiger partial charge in [0.25, 0.3) is 0 Å². The van der Waals surface area contributed by atoms with E-state index in [2.05, 4.69) is 6.92 Å². The Balaban J connectivity index is -0.000000147. The minimum atomic E-state index is -0.711. The molecule has 0 spiro atoms. The molecule has 0 aliphatic heterocycles. The van der Waals surface area contributed by atoms with Crippen LogP contribution in [0.25, 0.3) is 0 Å². The summed E-state index contributed by atoms with van der Waals surface area (Å²) in [5, 5.41) is 16.0. The average molecular weight is 220 g/mol. The summed E-state index contributed by atoms with van der Waals surface area (Å²) in [6.45, 7) is 7.29. The van der Waals surface area contributed by atoms with E-state index in [1.54, 1.807) is 0 Å². The summed E-state index contributed by atoms with van der Waals surface area (Å²) in [4.78, 5) is 19.0. The van der Waals surface area contributed by atoms with E-state index in [0.717, 1.165) is 19.3 Å². The number of rotatable bonds is 4. The number of carboxylic acids is 1. The third-order valence-corrected chi connectivity index (χ3v) is 0.976. The van der Waals surface area contributed by atoms with Crippen LogP contribution in [-0.2, 0) is 9.59 Å². The minimum Gasteiger partial charge on any atom is -0.481 e. The first kappa shape index (κ1) is 19.6. The lowest BCUT2D eigenvalue weighted by molar-refractivity contribution is -0.137. The molecule has 4 nitrogen and oxygen atoms in total. The Kier molecular flexibility index (Phi) is 24.6. The summed E-state index contributed by atoms with van der Waals surface area (Å²) in [5.74, 6) is -0.544. The highest BCUT2D eigenvalue weighted by Gasteiger charge is 1.87. The SMILES string of the molecule is CC(C)=O.CCCC(=O)O.CCCCO. The molecule has 0 aromatic rings. The van der Waals surface area contributed by atoms with E-state index in [-0.39, 0.29) is 5.78 Å². The largest absolute Gasteiger partial charge is 0.481 e. The van der Waals surface area contributed by atoms with E-state index in [0.29, 0.717) is 13.0 Å². The lowest BCUT2D eigenvalue weighted by atomic mass is 10.4. The minimum absolute atomic E-state index is 0.167. The highest BCUT2D eigenvalue weighted by atomic mass is 16.4. The molecular weight excluding hydrogens is 196 g/mol. The number of aliphatic hydroxyl groups excluding tert-OH is 1. The van der Waals surface area contributed by atoms with Gasteiger partial charge in [0, 0.05) is 13.0 Å². The Morgan fingerprint density at radius 3 is 1.47 bits per heavy atom. The van der Waals surface area contributed by atoms with E-state index < -0.39 is 5.97 Å². The van der Waals surface area contributed by atoms with Gasteiger partial charge in [0.05, 0.1) is 0 Å². The zero-order valence-corrected chi connectivity index (χ0v) is 10.2. The van der Waals surface area contributed by atoms with Gasteiger partial charge in [0.2, 0.25) is 0 Å². The number of aliphatic carboxylic acids is 1. The Morgan fingerprint density at radius 1 is 1.07 bits per heavy atom. The number of hydrogen-bond acceptors (Lipinski definition) is 3. The summed E-state index contributed by atoms with van der Waals surface area (Å²) < 4.78 is 0. The molecular formula is C11H24O4. The van der Waals surface area contributed by atoms with Crippen LogP contribution < -0.4 is 0 Å². The quantitative estimate of drug-likeness (QED) is 0.762. The molecule has 0 atom stereocenters. The van der Waals surface area contributed by atoms with E-state index in [1.165, 1.54) is 13.8 Å². The van der Waals surface area contributed by atoms with Gasteiger partial charge in [0.15, 0.2) is 0 Å². The molecule has 0 unspecified atom stereocenters. The fourth-order valence-electron chi connectivity index (χ4n) is 0.372. The topological polar surface area (TPSA) is 74.6 Å². The van der Waals surface area contributed by atoms with Crippen molar-refractivity contribution >= 4 is 11.8 Å². The fraction of sp³-hybridized carbons (Fsp3) is 0.818. The van der Waals surface area contributed by atoms with E-state index in [9.17, 15) is 9.59 Å². The van der Waals surface area contributed by atoms with Crippen LogP contribution in [0.2, 0.25) is 0 Å². The summed E-state index contributed by atoms with van der Waals surface area (Å²) in [6.07, 6.45) is 3.06. The third kappa shape index (κ3) is 96.0. The van der Waals surface area contributed by atoms with Gasteiger partial charge < -0.3 is 15.0 Å². The maximum Gasteiger partial charge on any atom is 0.303 e. The second kappa shape index (κ2) is 18.8. The monoisotopic (exact) mass is 220 g/mol. The fourth-order valence-corrected chi connectivity index (χ4v) is 0.372. The molecule has 0 aromatic carbocycles. The molecule has 2 N–H and O–H groups in total. The number of ketones is 1. The molecule has 0 bridgehead atoms. The van der Waals surface area contributed by atoms with Crippen molar-refractivity contribution in [3.63, 3.8) is 0 Å². The summed E-state index contributed by atoms with van der Waals surface area (Å²) >= 11 is 0. The third-order valence-electron chi connectivity index (χ3n) is 0.976. The van der Waals surface area contributed by atoms with Crippen LogP contribution in [0.4, 0.5) is 0 Å². The van der Waals surface area contributed by atoms with Gasteiger partial charge in [-0.3, -0.25) is 4.79 Å². The number of hydrogen-bond donors (Lipinski definition) is 2. The van der Waals surface area contributed by atoms with E-state index in [1.807, 2.05) is 6.92 Å². The van der Waals surface area contributed by atoms with Crippen LogP contribution in [0.15, 0.2) is 0 Å². The van der Waals surface area contributed by atoms with Crippen molar-refractivity contribution in [2.75, 3.05) is 6.61 Å². The van der Waals surface area contributed by atoms with Crippen LogP contribution in [0.3, 0.4) is 0 Å². The smallest absolute Gasteiger partial charge is 0.303 e. The van der Waals surface area contributed by atoms with E-state index >= 15 is 0 Å². The lowest BCUT2D eigenvalue weighted by Gasteiger charge is -1.79. The van der Waals surface area contributed by atoms with Gasteiger partial charge in [-0.05, 0) is 26.7 Å². The van der Waals surface area contributed by atoms with Gasteiger partial charge >= 0.3 is 5.97 Å². The molecule has 0 aromatic heterocycles. The molecule has 0 saturated heterocycles. The molecule has 0 saturated carbocycles. The summed E-state index contributed by atoms with van der Waals surface area (Å²) in [6, 6.07) is 0. The highest BCUT2D eigenvalue weighted by Crippen LogP contribution is 1.82. The Labute approximate surface area is 92.3 Å². The Hall–Kier alpha value is -0.900. The van der Waals surface area contributed by atoms with Crippen molar-refractivity contribution in [2.45, 2.75) is 53.4 Å². The molecule has 0 radical (unpaired) electrons.